The number of rotatable bonds is 5. The zero-order chi connectivity index (χ0) is 12.0. The first-order valence-electron chi connectivity index (χ1n) is 4.60. The van der Waals surface area contributed by atoms with Crippen molar-refractivity contribution in [2.24, 2.45) is 0 Å². The molecule has 0 aliphatic heterocycles. The molecular formula is C9H12N2O5. The van der Waals surface area contributed by atoms with Crippen LogP contribution in [0.1, 0.15) is 6.92 Å². The molecule has 1 aromatic heterocycles. The van der Waals surface area contributed by atoms with Crippen molar-refractivity contribution in [3.8, 4) is 5.88 Å². The van der Waals surface area contributed by atoms with E-state index in [1.165, 1.54) is 19.2 Å². The van der Waals surface area contributed by atoms with E-state index < -0.39 is 11.5 Å². The molecule has 88 valence electrons. The molecular weight excluding hydrogens is 216 g/mol. The van der Waals surface area contributed by atoms with Crippen molar-refractivity contribution in [3.63, 3.8) is 0 Å². The standard InChI is InChI=1S/C9H12N2O5/c1-3-15-9(13)6-16-11-8(12)5-4-7(10-11)14-2/h4-5H,3,6H2,1-2H3. The lowest BCUT2D eigenvalue weighted by atomic mass is 10.6. The Morgan fingerprint density at radius 1 is 1.50 bits per heavy atom. The number of aromatic nitrogens is 2. The Bertz CT molecular complexity index is 415. The molecule has 0 aliphatic carbocycles. The highest BCUT2D eigenvalue weighted by Crippen LogP contribution is 1.97. The minimum atomic E-state index is -0.570. The fourth-order valence-corrected chi connectivity index (χ4v) is 0.896. The zero-order valence-corrected chi connectivity index (χ0v) is 9.00. The predicted molar refractivity (Wildman–Crippen MR) is 53.1 cm³/mol. The maximum Gasteiger partial charge on any atom is 0.347 e. The van der Waals surface area contributed by atoms with Crippen LogP contribution in [-0.2, 0) is 9.53 Å². The Labute approximate surface area is 91.5 Å². The molecule has 0 saturated carbocycles. The SMILES string of the molecule is CCOC(=O)COn1nc(OC)ccc1=O. The van der Waals surface area contributed by atoms with Gasteiger partial charge >= 0.3 is 11.5 Å². The van der Waals surface area contributed by atoms with E-state index in [2.05, 4.69) is 9.84 Å². The maximum atomic E-state index is 11.2. The summed E-state index contributed by atoms with van der Waals surface area (Å²) >= 11 is 0. The zero-order valence-electron chi connectivity index (χ0n) is 9.00. The third kappa shape index (κ3) is 3.26. The largest absolute Gasteiger partial charge is 0.480 e. The van der Waals surface area contributed by atoms with Gasteiger partial charge in [-0.15, -0.1) is 0 Å². The third-order valence-electron chi connectivity index (χ3n) is 1.57. The second-order valence-electron chi connectivity index (χ2n) is 2.67. The first-order valence-corrected chi connectivity index (χ1v) is 4.60. The van der Waals surface area contributed by atoms with Crippen LogP contribution in [0.5, 0.6) is 5.88 Å². The minimum Gasteiger partial charge on any atom is -0.480 e. The summed E-state index contributed by atoms with van der Waals surface area (Å²) in [6, 6.07) is 2.61. The summed E-state index contributed by atoms with van der Waals surface area (Å²) in [6.07, 6.45) is 0. The lowest BCUT2D eigenvalue weighted by Gasteiger charge is -2.06. The van der Waals surface area contributed by atoms with Gasteiger partial charge in [0, 0.05) is 12.1 Å². The number of ether oxygens (including phenoxy) is 2. The Morgan fingerprint density at radius 3 is 2.88 bits per heavy atom. The van der Waals surface area contributed by atoms with E-state index in [9.17, 15) is 9.59 Å². The van der Waals surface area contributed by atoms with E-state index in [1.54, 1.807) is 6.92 Å². The molecule has 1 aromatic rings. The van der Waals surface area contributed by atoms with Crippen LogP contribution in [0.3, 0.4) is 0 Å². The molecule has 0 bridgehead atoms. The molecule has 0 aromatic carbocycles. The summed E-state index contributed by atoms with van der Waals surface area (Å²) in [6.45, 7) is 1.55. The van der Waals surface area contributed by atoms with Crippen molar-refractivity contribution in [1.29, 1.82) is 0 Å². The number of nitrogens with zero attached hydrogens (tertiary/aromatic N) is 2. The predicted octanol–water partition coefficient (Wildman–Crippen LogP) is -0.756. The Kier molecular flexibility index (Phi) is 4.31. The first kappa shape index (κ1) is 12.0. The van der Waals surface area contributed by atoms with Crippen molar-refractivity contribution < 1.29 is 19.1 Å². The molecule has 7 nitrogen and oxygen atoms in total. The third-order valence-corrected chi connectivity index (χ3v) is 1.57. The molecule has 0 saturated heterocycles. The summed E-state index contributed by atoms with van der Waals surface area (Å²) in [5.74, 6) is -0.359. The molecule has 0 unspecified atom stereocenters. The molecule has 0 fully saturated rings. The van der Waals surface area contributed by atoms with Gasteiger partial charge in [0.15, 0.2) is 0 Å². The molecule has 0 atom stereocenters. The summed E-state index contributed by atoms with van der Waals surface area (Å²) in [5, 5.41) is 3.67. The molecule has 0 aliphatic rings. The van der Waals surface area contributed by atoms with Crippen LogP contribution >= 0.6 is 0 Å². The number of carbonyl (C=O) groups excluding carboxylic acids is 1. The lowest BCUT2D eigenvalue weighted by Crippen LogP contribution is -2.32. The topological polar surface area (TPSA) is 79.7 Å². The van der Waals surface area contributed by atoms with Crippen molar-refractivity contribution in [2.75, 3.05) is 20.3 Å². The molecule has 16 heavy (non-hydrogen) atoms. The van der Waals surface area contributed by atoms with E-state index in [4.69, 9.17) is 9.57 Å². The molecule has 0 spiro atoms. The molecule has 0 radical (unpaired) electrons. The van der Waals surface area contributed by atoms with E-state index >= 15 is 0 Å². The van der Waals surface area contributed by atoms with E-state index in [0.717, 1.165) is 0 Å². The maximum absolute atomic E-state index is 11.2. The van der Waals surface area contributed by atoms with E-state index in [0.29, 0.717) is 4.85 Å². The summed E-state index contributed by atoms with van der Waals surface area (Å²) in [4.78, 5) is 27.7. The number of hydrogen-bond acceptors (Lipinski definition) is 6. The highest BCUT2D eigenvalue weighted by molar-refractivity contribution is 5.70. The first-order chi connectivity index (χ1) is 7.67. The lowest BCUT2D eigenvalue weighted by molar-refractivity contribution is -0.149. The van der Waals surface area contributed by atoms with Gasteiger partial charge in [0.05, 0.1) is 13.7 Å². The molecule has 1 rings (SSSR count). The van der Waals surface area contributed by atoms with Crippen LogP contribution in [0.4, 0.5) is 0 Å². The average molecular weight is 228 g/mol. The fraction of sp³-hybridized carbons (Fsp3) is 0.444. The van der Waals surface area contributed by atoms with Gasteiger partial charge in [-0.3, -0.25) is 4.79 Å². The fourth-order valence-electron chi connectivity index (χ4n) is 0.896. The molecule has 1 heterocycles. The van der Waals surface area contributed by atoms with Crippen molar-refractivity contribution >= 4 is 5.97 Å². The summed E-state index contributed by atoms with van der Waals surface area (Å²) < 4.78 is 9.42. The second-order valence-corrected chi connectivity index (χ2v) is 2.67. The van der Waals surface area contributed by atoms with E-state index in [-0.39, 0.29) is 19.1 Å². The summed E-state index contributed by atoms with van der Waals surface area (Å²) in [7, 11) is 1.41. The van der Waals surface area contributed by atoms with Crippen molar-refractivity contribution in [1.82, 2.24) is 9.94 Å². The Hall–Kier alpha value is -2.05. The highest BCUT2D eigenvalue weighted by atomic mass is 16.7. The van der Waals surface area contributed by atoms with Crippen molar-refractivity contribution in [3.05, 3.63) is 22.5 Å². The second kappa shape index (κ2) is 5.74. The normalized spacial score (nSPS) is 9.62. The van der Waals surface area contributed by atoms with Gasteiger partial charge in [0.25, 0.3) is 0 Å². The van der Waals surface area contributed by atoms with Crippen LogP contribution in [0.25, 0.3) is 0 Å². The van der Waals surface area contributed by atoms with Crippen LogP contribution in [0.15, 0.2) is 16.9 Å². The van der Waals surface area contributed by atoms with Gasteiger partial charge in [0.2, 0.25) is 12.5 Å². The number of esters is 1. The number of methoxy groups -OCH3 is 1. The summed E-state index contributed by atoms with van der Waals surface area (Å²) in [5.41, 5.74) is -0.495. The molecule has 7 heteroatoms. The van der Waals surface area contributed by atoms with E-state index in [1.807, 2.05) is 0 Å². The molecule has 0 N–H and O–H groups in total. The number of carbonyl (C=O) groups is 1. The van der Waals surface area contributed by atoms with Gasteiger partial charge in [-0.25, -0.2) is 4.79 Å². The van der Waals surface area contributed by atoms with Crippen LogP contribution < -0.4 is 15.1 Å². The van der Waals surface area contributed by atoms with Crippen LogP contribution in [-0.4, -0.2) is 36.2 Å². The molecule has 0 amide bonds. The minimum absolute atomic E-state index is 0.212. The van der Waals surface area contributed by atoms with Gasteiger partial charge in [-0.2, -0.15) is 0 Å². The van der Waals surface area contributed by atoms with Gasteiger partial charge in [-0.05, 0) is 6.92 Å². The van der Waals surface area contributed by atoms with Crippen LogP contribution in [0, 0.1) is 0 Å². The number of hydrogen-bond donors (Lipinski definition) is 0. The average Bonchev–Trinajstić information content (AvgIpc) is 2.28. The van der Waals surface area contributed by atoms with Gasteiger partial charge in [0.1, 0.15) is 0 Å². The van der Waals surface area contributed by atoms with Crippen molar-refractivity contribution in [2.45, 2.75) is 6.92 Å². The van der Waals surface area contributed by atoms with Gasteiger partial charge < -0.3 is 14.3 Å². The smallest absolute Gasteiger partial charge is 0.347 e. The monoisotopic (exact) mass is 228 g/mol. The highest BCUT2D eigenvalue weighted by Gasteiger charge is 2.06. The van der Waals surface area contributed by atoms with Crippen LogP contribution in [0.2, 0.25) is 0 Å². The Morgan fingerprint density at radius 2 is 2.25 bits per heavy atom. The van der Waals surface area contributed by atoms with Gasteiger partial charge in [-0.1, -0.05) is 9.94 Å². The quantitative estimate of drug-likeness (QED) is 0.616. The Balaban J connectivity index is 2.66.